The van der Waals surface area contributed by atoms with E-state index in [-0.39, 0.29) is 11.5 Å². The first kappa shape index (κ1) is 14.4. The second kappa shape index (κ2) is 5.67. The van der Waals surface area contributed by atoms with E-state index in [0.717, 1.165) is 18.4 Å². The van der Waals surface area contributed by atoms with Gasteiger partial charge >= 0.3 is 0 Å². The Hall–Kier alpha value is -2.56. The van der Waals surface area contributed by atoms with Crippen molar-refractivity contribution >= 4 is 17.0 Å². The van der Waals surface area contributed by atoms with E-state index in [4.69, 9.17) is 5.73 Å². The number of hydrogen-bond donors (Lipinski definition) is 3. The third-order valence-electron chi connectivity index (χ3n) is 3.97. The lowest BCUT2D eigenvalue weighted by Gasteiger charge is -2.06. The lowest BCUT2D eigenvalue weighted by molar-refractivity contribution is 0.863. The van der Waals surface area contributed by atoms with E-state index >= 15 is 0 Å². The third kappa shape index (κ3) is 2.74. The summed E-state index contributed by atoms with van der Waals surface area (Å²) in [6.45, 7) is 4.37. The van der Waals surface area contributed by atoms with Gasteiger partial charge in [0, 0.05) is 6.20 Å². The zero-order valence-corrected chi connectivity index (χ0v) is 12.8. The molecule has 22 heavy (non-hydrogen) atoms. The van der Waals surface area contributed by atoms with Crippen LogP contribution in [0.1, 0.15) is 36.5 Å². The molecule has 114 valence electrons. The number of anilines is 1. The Labute approximate surface area is 128 Å². The molecule has 3 rings (SSSR count). The van der Waals surface area contributed by atoms with E-state index in [0.29, 0.717) is 17.0 Å². The number of aromatic amines is 2. The highest BCUT2D eigenvalue weighted by molar-refractivity contribution is 5.79. The topological polar surface area (TPSA) is 87.6 Å². The number of fused-ring (bicyclic) bond motifs is 1. The molecule has 2 heterocycles. The summed E-state index contributed by atoms with van der Waals surface area (Å²) in [6, 6.07) is 8.66. The number of rotatable bonds is 4. The maximum atomic E-state index is 12.0. The molecular formula is C17H20N4O. The van der Waals surface area contributed by atoms with Gasteiger partial charge in [0.2, 0.25) is 5.95 Å². The SMILES string of the molecule is CC(C)c1ccc(CCc2c[nH]c3nc(N)[nH]c(=O)c23)cc1. The molecule has 0 unspecified atom stereocenters. The molecule has 2 aromatic heterocycles. The van der Waals surface area contributed by atoms with Crippen molar-refractivity contribution in [3.8, 4) is 0 Å². The minimum atomic E-state index is -0.186. The van der Waals surface area contributed by atoms with Crippen LogP contribution in [-0.4, -0.2) is 15.0 Å². The van der Waals surface area contributed by atoms with Crippen LogP contribution in [0.4, 0.5) is 5.95 Å². The van der Waals surface area contributed by atoms with Crippen LogP contribution >= 0.6 is 0 Å². The van der Waals surface area contributed by atoms with Crippen LogP contribution in [0.15, 0.2) is 35.3 Å². The molecule has 0 saturated heterocycles. The fourth-order valence-corrected chi connectivity index (χ4v) is 2.67. The number of aromatic nitrogens is 3. The van der Waals surface area contributed by atoms with Crippen molar-refractivity contribution in [3.63, 3.8) is 0 Å². The Morgan fingerprint density at radius 2 is 1.91 bits per heavy atom. The summed E-state index contributed by atoms with van der Waals surface area (Å²) in [4.78, 5) is 21.7. The number of benzene rings is 1. The van der Waals surface area contributed by atoms with E-state index in [1.54, 1.807) is 0 Å². The quantitative estimate of drug-likeness (QED) is 0.691. The minimum Gasteiger partial charge on any atom is -0.369 e. The highest BCUT2D eigenvalue weighted by Crippen LogP contribution is 2.18. The van der Waals surface area contributed by atoms with Crippen LogP contribution < -0.4 is 11.3 Å². The molecule has 5 nitrogen and oxygen atoms in total. The molecule has 0 fully saturated rings. The van der Waals surface area contributed by atoms with Crippen LogP contribution in [0, 0.1) is 0 Å². The van der Waals surface area contributed by atoms with Gasteiger partial charge < -0.3 is 10.7 Å². The summed E-state index contributed by atoms with van der Waals surface area (Å²) in [5.74, 6) is 0.674. The molecule has 0 saturated carbocycles. The normalized spacial score (nSPS) is 11.4. The Balaban J connectivity index is 1.81. The highest BCUT2D eigenvalue weighted by Gasteiger charge is 2.10. The zero-order chi connectivity index (χ0) is 15.7. The van der Waals surface area contributed by atoms with Crippen LogP contribution in [-0.2, 0) is 12.8 Å². The molecule has 0 amide bonds. The van der Waals surface area contributed by atoms with E-state index in [1.165, 1.54) is 11.1 Å². The van der Waals surface area contributed by atoms with Crippen molar-refractivity contribution in [1.29, 1.82) is 0 Å². The van der Waals surface area contributed by atoms with Crippen molar-refractivity contribution in [2.45, 2.75) is 32.6 Å². The van der Waals surface area contributed by atoms with Gasteiger partial charge in [0.05, 0.1) is 5.39 Å². The average molecular weight is 296 g/mol. The predicted octanol–water partition coefficient (Wildman–Crippen LogP) is 2.74. The van der Waals surface area contributed by atoms with Crippen molar-refractivity contribution in [1.82, 2.24) is 15.0 Å². The van der Waals surface area contributed by atoms with E-state index in [9.17, 15) is 4.79 Å². The summed E-state index contributed by atoms with van der Waals surface area (Å²) < 4.78 is 0. The second-order valence-electron chi connectivity index (χ2n) is 5.88. The van der Waals surface area contributed by atoms with Gasteiger partial charge in [-0.2, -0.15) is 4.98 Å². The Kier molecular flexibility index (Phi) is 3.71. The first-order valence-corrected chi connectivity index (χ1v) is 7.49. The smallest absolute Gasteiger partial charge is 0.262 e. The van der Waals surface area contributed by atoms with Gasteiger partial charge in [0.1, 0.15) is 5.65 Å². The molecule has 3 aromatic rings. The number of H-pyrrole nitrogens is 2. The number of hydrogen-bond acceptors (Lipinski definition) is 3. The van der Waals surface area contributed by atoms with Crippen molar-refractivity contribution in [2.24, 2.45) is 0 Å². The standard InChI is InChI=1S/C17H20N4O/c1-10(2)12-6-3-11(4-7-12)5-8-13-9-19-15-14(13)16(22)21-17(18)20-15/h3-4,6-7,9-10H,5,8H2,1-2H3,(H4,18,19,20,21,22). The average Bonchev–Trinajstić information content (AvgIpc) is 2.88. The molecule has 0 atom stereocenters. The number of aryl methyl sites for hydroxylation is 2. The lowest BCUT2D eigenvalue weighted by Crippen LogP contribution is -2.11. The van der Waals surface area contributed by atoms with Gasteiger partial charge in [0.25, 0.3) is 5.56 Å². The largest absolute Gasteiger partial charge is 0.369 e. The molecule has 4 N–H and O–H groups in total. The van der Waals surface area contributed by atoms with E-state index in [1.807, 2.05) is 6.20 Å². The van der Waals surface area contributed by atoms with Gasteiger partial charge in [-0.05, 0) is 35.4 Å². The van der Waals surface area contributed by atoms with Crippen LogP contribution in [0.2, 0.25) is 0 Å². The Bertz CT molecular complexity index is 843. The molecule has 0 aliphatic carbocycles. The van der Waals surface area contributed by atoms with Crippen LogP contribution in [0.5, 0.6) is 0 Å². The Morgan fingerprint density at radius 1 is 1.18 bits per heavy atom. The summed E-state index contributed by atoms with van der Waals surface area (Å²) in [5, 5.41) is 0.605. The van der Waals surface area contributed by atoms with Crippen LogP contribution in [0.3, 0.4) is 0 Å². The number of nitrogen functional groups attached to an aromatic ring is 1. The first-order chi connectivity index (χ1) is 10.5. The molecule has 0 spiro atoms. The monoisotopic (exact) mass is 296 g/mol. The van der Waals surface area contributed by atoms with Crippen LogP contribution in [0.25, 0.3) is 11.0 Å². The number of nitrogens with two attached hydrogens (primary N) is 1. The fraction of sp³-hybridized carbons (Fsp3) is 0.294. The molecule has 1 aromatic carbocycles. The maximum Gasteiger partial charge on any atom is 0.262 e. The highest BCUT2D eigenvalue weighted by atomic mass is 16.1. The molecular weight excluding hydrogens is 276 g/mol. The zero-order valence-electron chi connectivity index (χ0n) is 12.8. The molecule has 0 bridgehead atoms. The molecule has 0 radical (unpaired) electrons. The number of nitrogens with zero attached hydrogens (tertiary/aromatic N) is 1. The third-order valence-corrected chi connectivity index (χ3v) is 3.97. The van der Waals surface area contributed by atoms with E-state index in [2.05, 4.69) is 53.1 Å². The number of nitrogens with one attached hydrogen (secondary N) is 2. The summed E-state index contributed by atoms with van der Waals surface area (Å²) >= 11 is 0. The van der Waals surface area contributed by atoms with Gasteiger partial charge in [-0.25, -0.2) is 0 Å². The van der Waals surface area contributed by atoms with Gasteiger partial charge in [-0.3, -0.25) is 9.78 Å². The second-order valence-corrected chi connectivity index (χ2v) is 5.88. The minimum absolute atomic E-state index is 0.134. The lowest BCUT2D eigenvalue weighted by atomic mass is 9.99. The van der Waals surface area contributed by atoms with Gasteiger partial charge in [-0.15, -0.1) is 0 Å². The molecule has 5 heteroatoms. The Morgan fingerprint density at radius 3 is 2.59 bits per heavy atom. The van der Waals surface area contributed by atoms with Crippen molar-refractivity contribution in [3.05, 3.63) is 57.5 Å². The van der Waals surface area contributed by atoms with Gasteiger partial charge in [-0.1, -0.05) is 38.1 Å². The van der Waals surface area contributed by atoms with E-state index < -0.39 is 0 Å². The summed E-state index contributed by atoms with van der Waals surface area (Å²) in [7, 11) is 0. The molecule has 0 aliphatic rings. The fourth-order valence-electron chi connectivity index (χ4n) is 2.67. The predicted molar refractivity (Wildman–Crippen MR) is 89.1 cm³/mol. The van der Waals surface area contributed by atoms with Gasteiger partial charge in [0.15, 0.2) is 0 Å². The first-order valence-electron chi connectivity index (χ1n) is 7.49. The summed E-state index contributed by atoms with van der Waals surface area (Å²) in [6.07, 6.45) is 3.51. The summed E-state index contributed by atoms with van der Waals surface area (Å²) in [5.41, 5.74) is 9.48. The molecule has 0 aliphatic heterocycles. The maximum absolute atomic E-state index is 12.0. The van der Waals surface area contributed by atoms with Crippen molar-refractivity contribution in [2.75, 3.05) is 5.73 Å². The van der Waals surface area contributed by atoms with Crippen molar-refractivity contribution < 1.29 is 0 Å².